The molecule has 4 heterocycles. The minimum atomic E-state index is -3.47. The first kappa shape index (κ1) is 18.2. The summed E-state index contributed by atoms with van der Waals surface area (Å²) in [6, 6.07) is -0.110. The van der Waals surface area contributed by atoms with E-state index in [-0.39, 0.29) is 17.9 Å². The molecule has 3 saturated heterocycles. The molecule has 3 aliphatic heterocycles. The molecule has 0 aliphatic carbocycles. The van der Waals surface area contributed by atoms with Crippen molar-refractivity contribution in [3.8, 4) is 0 Å². The van der Waals surface area contributed by atoms with E-state index in [0.717, 1.165) is 12.8 Å². The van der Waals surface area contributed by atoms with Crippen molar-refractivity contribution >= 4 is 16.1 Å². The third-order valence-electron chi connectivity index (χ3n) is 5.06. The molecule has 3 aliphatic rings. The van der Waals surface area contributed by atoms with Crippen molar-refractivity contribution in [2.45, 2.75) is 32.7 Å². The second-order valence-corrected chi connectivity index (χ2v) is 9.22. The summed E-state index contributed by atoms with van der Waals surface area (Å²) < 4.78 is 27.8. The average Bonchev–Trinajstić information content (AvgIpc) is 2.86. The van der Waals surface area contributed by atoms with Crippen LogP contribution in [-0.4, -0.2) is 77.6 Å². The number of piperidine rings is 1. The van der Waals surface area contributed by atoms with Crippen molar-refractivity contribution in [1.82, 2.24) is 23.5 Å². The summed E-state index contributed by atoms with van der Waals surface area (Å²) in [7, 11) is -0.393. The third kappa shape index (κ3) is 3.40. The number of nitrogens with zero attached hydrogens (tertiary/aromatic N) is 5. The summed E-state index contributed by atoms with van der Waals surface area (Å²) in [5.41, 5.74) is 1.16. The van der Waals surface area contributed by atoms with Crippen LogP contribution in [0.15, 0.2) is 6.20 Å². The molecule has 1 aromatic heterocycles. The number of hydrogen-bond donors (Lipinski definition) is 0. The van der Waals surface area contributed by atoms with Crippen molar-refractivity contribution in [1.29, 1.82) is 0 Å². The predicted molar refractivity (Wildman–Crippen MR) is 93.2 cm³/mol. The van der Waals surface area contributed by atoms with Gasteiger partial charge in [0.25, 0.3) is 16.1 Å². The van der Waals surface area contributed by atoms with E-state index in [1.165, 1.54) is 22.7 Å². The van der Waals surface area contributed by atoms with E-state index in [9.17, 15) is 13.2 Å². The van der Waals surface area contributed by atoms with Crippen LogP contribution in [0.4, 0.5) is 0 Å². The predicted octanol–water partition coefficient (Wildman–Crippen LogP) is 0.436. The highest BCUT2D eigenvalue weighted by Gasteiger charge is 2.41. The highest BCUT2D eigenvalue weighted by Crippen LogP contribution is 2.31. The van der Waals surface area contributed by atoms with E-state index in [1.807, 2.05) is 4.90 Å². The Balaban J connectivity index is 1.87. The fourth-order valence-electron chi connectivity index (χ4n) is 3.65. The van der Waals surface area contributed by atoms with Gasteiger partial charge in [0.15, 0.2) is 0 Å². The zero-order valence-corrected chi connectivity index (χ0v) is 16.0. The zero-order valence-electron chi connectivity index (χ0n) is 15.1. The van der Waals surface area contributed by atoms with E-state index >= 15 is 0 Å². The van der Waals surface area contributed by atoms with Gasteiger partial charge in [-0.25, -0.2) is 9.97 Å². The molecule has 3 fully saturated rings. The van der Waals surface area contributed by atoms with Crippen molar-refractivity contribution in [2.24, 2.45) is 5.92 Å². The fraction of sp³-hybridized carbons (Fsp3) is 0.688. The molecule has 0 spiro atoms. The Morgan fingerprint density at radius 3 is 2.56 bits per heavy atom. The lowest BCUT2D eigenvalue weighted by Crippen LogP contribution is -2.48. The first-order valence-electron chi connectivity index (χ1n) is 8.49. The lowest BCUT2D eigenvalue weighted by molar-refractivity contribution is 0.0587. The van der Waals surface area contributed by atoms with Crippen molar-refractivity contribution < 1.29 is 13.2 Å². The minimum absolute atomic E-state index is 0.101. The molecule has 0 aromatic carbocycles. The van der Waals surface area contributed by atoms with Crippen molar-refractivity contribution in [3.05, 3.63) is 23.3 Å². The summed E-state index contributed by atoms with van der Waals surface area (Å²) in [5.74, 6) is 0.690. The lowest BCUT2D eigenvalue weighted by Gasteiger charge is -2.36. The molecule has 2 bridgehead atoms. The highest BCUT2D eigenvalue weighted by molar-refractivity contribution is 7.86. The molecule has 2 atom stereocenters. The SMILES string of the molecule is Cc1ncc(C(=O)N2C[C@H]3CC[C@@H]2CN(S(=O)(=O)N(C)C)C3)c(C)n1. The summed E-state index contributed by atoms with van der Waals surface area (Å²) in [4.78, 5) is 23.3. The largest absolute Gasteiger partial charge is 0.334 e. The van der Waals surface area contributed by atoms with Gasteiger partial charge in [0.1, 0.15) is 5.82 Å². The van der Waals surface area contributed by atoms with Gasteiger partial charge in [0, 0.05) is 46.0 Å². The van der Waals surface area contributed by atoms with Gasteiger partial charge in [-0.3, -0.25) is 4.79 Å². The number of rotatable bonds is 3. The molecule has 4 rings (SSSR count). The van der Waals surface area contributed by atoms with Gasteiger partial charge in [-0.2, -0.15) is 17.0 Å². The van der Waals surface area contributed by atoms with Gasteiger partial charge in [-0.1, -0.05) is 0 Å². The second kappa shape index (κ2) is 6.62. The maximum absolute atomic E-state index is 13.0. The molecular weight excluding hydrogens is 342 g/mol. The quantitative estimate of drug-likeness (QED) is 0.773. The Bertz CT molecular complexity index is 780. The molecule has 0 unspecified atom stereocenters. The standard InChI is InChI=1S/C16H25N5O3S/c1-11-15(7-17-12(2)18-11)16(22)21-9-13-5-6-14(21)10-20(8-13)25(23,24)19(3)4/h7,13-14H,5-6,8-10H2,1-4H3/t13-,14+/m0/s1. The summed E-state index contributed by atoms with van der Waals surface area (Å²) >= 11 is 0. The molecule has 138 valence electrons. The van der Waals surface area contributed by atoms with Gasteiger partial charge < -0.3 is 4.90 Å². The fourth-order valence-corrected chi connectivity index (χ4v) is 4.88. The first-order valence-corrected chi connectivity index (χ1v) is 9.88. The Labute approximate surface area is 149 Å². The van der Waals surface area contributed by atoms with Crippen LogP contribution in [0.25, 0.3) is 0 Å². The Kier molecular flexibility index (Phi) is 4.82. The molecule has 9 heteroatoms. The Morgan fingerprint density at radius 2 is 1.92 bits per heavy atom. The van der Waals surface area contributed by atoms with Crippen LogP contribution in [0.2, 0.25) is 0 Å². The molecule has 0 N–H and O–H groups in total. The normalized spacial score (nSPS) is 24.6. The van der Waals surface area contributed by atoms with Gasteiger partial charge >= 0.3 is 0 Å². The van der Waals surface area contributed by atoms with Crippen LogP contribution in [-0.2, 0) is 10.2 Å². The Hall–Kier alpha value is -1.58. The molecule has 1 amide bonds. The van der Waals surface area contributed by atoms with Crippen LogP contribution in [0.1, 0.15) is 34.7 Å². The van der Waals surface area contributed by atoms with E-state index in [1.54, 1.807) is 20.0 Å². The monoisotopic (exact) mass is 367 g/mol. The topological polar surface area (TPSA) is 86.7 Å². The van der Waals surface area contributed by atoms with Crippen molar-refractivity contribution in [2.75, 3.05) is 33.7 Å². The number of amides is 1. The number of aromatic nitrogens is 2. The number of fused-ring (bicyclic) bond motifs is 4. The highest BCUT2D eigenvalue weighted by atomic mass is 32.2. The Morgan fingerprint density at radius 1 is 1.20 bits per heavy atom. The molecule has 1 aromatic rings. The molecule has 0 radical (unpaired) electrons. The molecule has 8 nitrogen and oxygen atoms in total. The van der Waals surface area contributed by atoms with E-state index in [4.69, 9.17) is 0 Å². The molecular formula is C16H25N5O3S. The smallest absolute Gasteiger partial charge is 0.281 e. The van der Waals surface area contributed by atoms with E-state index < -0.39 is 10.2 Å². The van der Waals surface area contributed by atoms with Crippen LogP contribution >= 0.6 is 0 Å². The van der Waals surface area contributed by atoms with E-state index in [0.29, 0.717) is 36.7 Å². The number of carbonyl (C=O) groups excluding carboxylic acids is 1. The van der Waals surface area contributed by atoms with Crippen LogP contribution in [0.3, 0.4) is 0 Å². The minimum Gasteiger partial charge on any atom is -0.334 e. The number of carbonyl (C=O) groups is 1. The van der Waals surface area contributed by atoms with Gasteiger partial charge in [-0.15, -0.1) is 0 Å². The van der Waals surface area contributed by atoms with Crippen LogP contribution in [0, 0.1) is 19.8 Å². The maximum atomic E-state index is 13.0. The van der Waals surface area contributed by atoms with Crippen LogP contribution < -0.4 is 0 Å². The van der Waals surface area contributed by atoms with Gasteiger partial charge in [-0.05, 0) is 32.6 Å². The second-order valence-electron chi connectivity index (χ2n) is 7.08. The summed E-state index contributed by atoms with van der Waals surface area (Å²) in [5, 5.41) is 0. The average molecular weight is 367 g/mol. The van der Waals surface area contributed by atoms with Crippen molar-refractivity contribution in [3.63, 3.8) is 0 Å². The van der Waals surface area contributed by atoms with Gasteiger partial charge in [0.05, 0.1) is 11.3 Å². The lowest BCUT2D eigenvalue weighted by atomic mass is 9.94. The summed E-state index contributed by atoms with van der Waals surface area (Å²) in [6.45, 7) is 4.98. The van der Waals surface area contributed by atoms with Gasteiger partial charge in [0.2, 0.25) is 0 Å². The first-order chi connectivity index (χ1) is 11.7. The summed E-state index contributed by atoms with van der Waals surface area (Å²) in [6.07, 6.45) is 3.34. The molecule has 25 heavy (non-hydrogen) atoms. The number of aryl methyl sites for hydroxylation is 2. The number of hydrogen-bond acceptors (Lipinski definition) is 5. The van der Waals surface area contributed by atoms with Crippen LogP contribution in [0.5, 0.6) is 0 Å². The maximum Gasteiger partial charge on any atom is 0.281 e. The molecule has 0 saturated carbocycles. The zero-order chi connectivity index (χ0) is 18.4. The van der Waals surface area contributed by atoms with E-state index in [2.05, 4.69) is 9.97 Å². The third-order valence-corrected chi connectivity index (χ3v) is 6.93.